The van der Waals surface area contributed by atoms with Gasteiger partial charge in [0.15, 0.2) is 9.84 Å². The van der Waals surface area contributed by atoms with Crippen molar-refractivity contribution >= 4 is 21.7 Å². The molecule has 6 nitrogen and oxygen atoms in total. The summed E-state index contributed by atoms with van der Waals surface area (Å²) in [5, 5.41) is 9.31. The van der Waals surface area contributed by atoms with Crippen LogP contribution in [-0.4, -0.2) is 49.6 Å². The molecule has 4 atom stereocenters. The van der Waals surface area contributed by atoms with E-state index in [0.717, 1.165) is 36.4 Å². The number of likely N-dealkylation sites (tertiary alicyclic amines) is 1. The molecule has 2 aliphatic carbocycles. The summed E-state index contributed by atoms with van der Waals surface area (Å²) in [6.07, 6.45) is -4.13. The molecule has 1 unspecified atom stereocenters. The van der Waals surface area contributed by atoms with Crippen molar-refractivity contribution in [2.75, 3.05) is 13.1 Å². The van der Waals surface area contributed by atoms with Gasteiger partial charge in [-0.25, -0.2) is 17.2 Å². The van der Waals surface area contributed by atoms with Gasteiger partial charge in [0.2, 0.25) is 11.6 Å². The van der Waals surface area contributed by atoms with Gasteiger partial charge in [0.1, 0.15) is 10.6 Å². The molecule has 1 aliphatic heterocycles. The first-order chi connectivity index (χ1) is 19.1. The van der Waals surface area contributed by atoms with Gasteiger partial charge in [-0.15, -0.1) is 0 Å². The van der Waals surface area contributed by atoms with E-state index in [1.54, 1.807) is 4.90 Å². The smallest absolute Gasteiger partial charge is 0.426 e. The number of benzene rings is 2. The first-order valence-electron chi connectivity index (χ1n) is 13.5. The normalized spacial score (nSPS) is 26.6. The zero-order valence-corrected chi connectivity index (χ0v) is 23.1. The van der Waals surface area contributed by atoms with Crippen LogP contribution in [0.25, 0.3) is 0 Å². The Morgan fingerprint density at radius 2 is 1.61 bits per heavy atom. The highest BCUT2D eigenvalue weighted by molar-refractivity contribution is 7.92. The Morgan fingerprint density at radius 3 is 2.20 bits per heavy atom. The average Bonchev–Trinajstić information content (AvgIpc) is 3.34. The fourth-order valence-electron chi connectivity index (χ4n) is 7.01. The van der Waals surface area contributed by atoms with Crippen molar-refractivity contribution in [2.45, 2.75) is 66.9 Å². The van der Waals surface area contributed by atoms with E-state index < -0.39 is 61.5 Å². The molecule has 41 heavy (non-hydrogen) atoms. The van der Waals surface area contributed by atoms with Crippen LogP contribution in [0.3, 0.4) is 0 Å². The van der Waals surface area contributed by atoms with Crippen molar-refractivity contribution in [3.63, 3.8) is 0 Å². The van der Waals surface area contributed by atoms with Gasteiger partial charge >= 0.3 is 12.1 Å². The number of carboxylic acid groups (broad SMARTS) is 1. The van der Waals surface area contributed by atoms with E-state index in [1.807, 2.05) is 0 Å². The van der Waals surface area contributed by atoms with Crippen LogP contribution in [0.2, 0.25) is 0 Å². The van der Waals surface area contributed by atoms with Crippen LogP contribution in [0, 0.1) is 23.6 Å². The number of alkyl halides is 4. The molecule has 1 heterocycles. The van der Waals surface area contributed by atoms with E-state index in [0.29, 0.717) is 6.92 Å². The van der Waals surface area contributed by atoms with Crippen molar-refractivity contribution in [3.05, 3.63) is 65.0 Å². The number of fused-ring (bicyclic) bond motifs is 3. The van der Waals surface area contributed by atoms with Crippen LogP contribution in [0.15, 0.2) is 47.4 Å². The Balaban J connectivity index is 1.59. The SMILES string of the molecule is CC(F)(c1ccc2c(c1)CC[C@H]1[C@H](C(=O)N3CCC(C(=O)O)CC3)CC[C@@]21S(=O)(=O)c1ccc(F)cc1)C(F)(F)F. The van der Waals surface area contributed by atoms with E-state index >= 15 is 0 Å². The number of amides is 1. The van der Waals surface area contributed by atoms with Gasteiger partial charge in [0.05, 0.1) is 10.8 Å². The molecular formula is C29H30F5NO5S. The Labute approximate surface area is 234 Å². The molecule has 2 aromatic rings. The molecule has 12 heteroatoms. The van der Waals surface area contributed by atoms with E-state index in [-0.39, 0.29) is 73.5 Å². The zero-order chi connectivity index (χ0) is 30.0. The van der Waals surface area contributed by atoms with Crippen molar-refractivity contribution in [1.82, 2.24) is 4.90 Å². The Hall–Kier alpha value is -3.02. The summed E-state index contributed by atoms with van der Waals surface area (Å²) < 4.78 is 96.2. The first kappa shape index (κ1) is 29.5. The molecule has 5 rings (SSSR count). The van der Waals surface area contributed by atoms with Crippen LogP contribution in [0.4, 0.5) is 22.0 Å². The molecule has 2 fully saturated rings. The number of halogens is 5. The molecule has 1 saturated carbocycles. The minimum absolute atomic E-state index is 0.00210. The lowest BCUT2D eigenvalue weighted by molar-refractivity contribution is -0.228. The van der Waals surface area contributed by atoms with Gasteiger partial charge < -0.3 is 10.0 Å². The topological polar surface area (TPSA) is 91.8 Å². The van der Waals surface area contributed by atoms with Crippen LogP contribution >= 0.6 is 0 Å². The monoisotopic (exact) mass is 599 g/mol. The van der Waals surface area contributed by atoms with Crippen molar-refractivity contribution in [1.29, 1.82) is 0 Å². The quantitative estimate of drug-likeness (QED) is 0.360. The number of piperidine rings is 1. The van der Waals surface area contributed by atoms with E-state index in [1.165, 1.54) is 6.07 Å². The summed E-state index contributed by atoms with van der Waals surface area (Å²) >= 11 is 0. The molecule has 1 amide bonds. The van der Waals surface area contributed by atoms with Crippen LogP contribution in [-0.2, 0) is 36.3 Å². The lowest BCUT2D eigenvalue weighted by atomic mass is 9.72. The first-order valence-corrected chi connectivity index (χ1v) is 15.0. The predicted molar refractivity (Wildman–Crippen MR) is 138 cm³/mol. The molecule has 222 valence electrons. The zero-order valence-electron chi connectivity index (χ0n) is 22.3. The number of sulfone groups is 1. The molecule has 0 spiro atoms. The second-order valence-electron chi connectivity index (χ2n) is 11.4. The maximum Gasteiger partial charge on any atom is 0.426 e. The second-order valence-corrected chi connectivity index (χ2v) is 13.7. The van der Waals surface area contributed by atoms with Crippen molar-refractivity contribution in [2.24, 2.45) is 17.8 Å². The number of hydrogen-bond acceptors (Lipinski definition) is 4. The number of hydrogen-bond donors (Lipinski definition) is 1. The minimum Gasteiger partial charge on any atom is -0.481 e. The summed E-state index contributed by atoms with van der Waals surface area (Å²) in [6.45, 7) is 0.871. The Kier molecular flexibility index (Phi) is 7.23. The van der Waals surface area contributed by atoms with Crippen LogP contribution in [0.1, 0.15) is 55.7 Å². The predicted octanol–water partition coefficient (Wildman–Crippen LogP) is 5.54. The average molecular weight is 600 g/mol. The largest absolute Gasteiger partial charge is 0.481 e. The van der Waals surface area contributed by atoms with E-state index in [4.69, 9.17) is 0 Å². The molecule has 0 radical (unpaired) electrons. The molecule has 1 N–H and O–H groups in total. The molecule has 2 aromatic carbocycles. The number of carbonyl (C=O) groups excluding carboxylic acids is 1. The lowest BCUT2D eigenvalue weighted by Gasteiger charge is -2.43. The number of carbonyl (C=O) groups is 2. The molecule has 1 saturated heterocycles. The summed E-state index contributed by atoms with van der Waals surface area (Å²) in [7, 11) is -4.32. The van der Waals surface area contributed by atoms with Gasteiger partial charge in [-0.05, 0) is 92.3 Å². The lowest BCUT2D eigenvalue weighted by Crippen LogP contribution is -2.49. The van der Waals surface area contributed by atoms with E-state index in [9.17, 15) is 45.1 Å². The highest BCUT2D eigenvalue weighted by Gasteiger charge is 2.62. The van der Waals surface area contributed by atoms with Gasteiger partial charge in [-0.1, -0.05) is 18.2 Å². The van der Waals surface area contributed by atoms with Crippen molar-refractivity contribution < 1.29 is 45.1 Å². The van der Waals surface area contributed by atoms with Gasteiger partial charge in [-0.2, -0.15) is 13.2 Å². The summed E-state index contributed by atoms with van der Waals surface area (Å²) in [6, 6.07) is 7.56. The fourth-order valence-corrected chi connectivity index (χ4v) is 9.48. The summed E-state index contributed by atoms with van der Waals surface area (Å²) in [5.74, 6) is -3.87. The van der Waals surface area contributed by atoms with Crippen molar-refractivity contribution in [3.8, 4) is 0 Å². The van der Waals surface area contributed by atoms with Crippen LogP contribution < -0.4 is 0 Å². The Bertz CT molecular complexity index is 1470. The fraction of sp³-hybridized carbons (Fsp3) is 0.517. The number of carboxylic acids is 1. The van der Waals surface area contributed by atoms with Crippen LogP contribution in [0.5, 0.6) is 0 Å². The third-order valence-corrected chi connectivity index (χ3v) is 11.9. The highest BCUT2D eigenvalue weighted by atomic mass is 32.2. The number of aliphatic carboxylic acids is 1. The number of nitrogens with zero attached hydrogens (tertiary/aromatic N) is 1. The third kappa shape index (κ3) is 4.62. The van der Waals surface area contributed by atoms with Gasteiger partial charge in [-0.3, -0.25) is 9.59 Å². The highest BCUT2D eigenvalue weighted by Crippen LogP contribution is 2.60. The molecule has 0 bridgehead atoms. The summed E-state index contributed by atoms with van der Waals surface area (Å²) in [4.78, 5) is 26.5. The van der Waals surface area contributed by atoms with Gasteiger partial charge in [0.25, 0.3) is 0 Å². The molecule has 0 aromatic heterocycles. The second kappa shape index (κ2) is 10.1. The Morgan fingerprint density at radius 1 is 0.976 bits per heavy atom. The maximum absolute atomic E-state index is 14.9. The maximum atomic E-state index is 14.9. The molecule has 3 aliphatic rings. The third-order valence-electron chi connectivity index (χ3n) is 9.35. The van der Waals surface area contributed by atoms with Gasteiger partial charge in [0, 0.05) is 19.0 Å². The van der Waals surface area contributed by atoms with E-state index in [2.05, 4.69) is 0 Å². The number of rotatable bonds is 5. The number of aryl methyl sites for hydroxylation is 1. The standard InChI is InChI=1S/C29H30F5NO5S/c1-27(31,29(32,33)34)19-3-9-23-18(16-19)2-8-24-22(25(36)35-14-11-17(12-15-35)26(37)38)10-13-28(23,24)41(39,40)21-6-4-20(30)5-7-21/h3-7,9,16-17,22,24H,2,8,10-15H2,1H3,(H,37,38)/t22-,24+,27?,28-/m1/s1. The summed E-state index contributed by atoms with van der Waals surface area (Å²) in [5.41, 5.74) is -3.78. The molecular weight excluding hydrogens is 569 g/mol. The minimum atomic E-state index is -5.19.